The van der Waals surface area contributed by atoms with Gasteiger partial charge in [0.25, 0.3) is 11.5 Å². The molecular formula is C14H12ClN3O3. The Bertz CT molecular complexity index is 724. The summed E-state index contributed by atoms with van der Waals surface area (Å²) in [5.74, 6) is 0.356. The molecule has 0 bridgehead atoms. The first-order chi connectivity index (χ1) is 10.1. The molecule has 0 saturated carbocycles. The molecule has 1 amide bonds. The number of amides is 1. The second-order valence-corrected chi connectivity index (χ2v) is 5.09. The summed E-state index contributed by atoms with van der Waals surface area (Å²) in [5.41, 5.74) is 0.644. The largest absolute Gasteiger partial charge is 0.493 e. The fourth-order valence-electron chi connectivity index (χ4n) is 2.22. The van der Waals surface area contributed by atoms with Gasteiger partial charge in [-0.05, 0) is 24.3 Å². The molecule has 2 N–H and O–H groups in total. The predicted molar refractivity (Wildman–Crippen MR) is 76.6 cm³/mol. The highest BCUT2D eigenvalue weighted by molar-refractivity contribution is 6.30. The van der Waals surface area contributed by atoms with E-state index in [4.69, 9.17) is 16.3 Å². The van der Waals surface area contributed by atoms with E-state index in [0.717, 1.165) is 5.56 Å². The van der Waals surface area contributed by atoms with E-state index >= 15 is 0 Å². The van der Waals surface area contributed by atoms with Crippen LogP contribution in [-0.2, 0) is 0 Å². The van der Waals surface area contributed by atoms with E-state index in [-0.39, 0.29) is 23.2 Å². The normalized spacial score (nSPS) is 16.7. The van der Waals surface area contributed by atoms with Gasteiger partial charge in [-0.15, -0.1) is 0 Å². The van der Waals surface area contributed by atoms with Crippen molar-refractivity contribution in [3.63, 3.8) is 0 Å². The Hall–Kier alpha value is -2.34. The zero-order valence-electron chi connectivity index (χ0n) is 10.9. The van der Waals surface area contributed by atoms with Gasteiger partial charge in [0.1, 0.15) is 11.4 Å². The maximum absolute atomic E-state index is 12.1. The quantitative estimate of drug-likeness (QED) is 0.884. The van der Waals surface area contributed by atoms with Gasteiger partial charge in [0.2, 0.25) is 0 Å². The number of halogens is 1. The Kier molecular flexibility index (Phi) is 3.62. The molecule has 0 spiro atoms. The highest BCUT2D eigenvalue weighted by atomic mass is 35.5. The van der Waals surface area contributed by atoms with E-state index in [0.29, 0.717) is 23.8 Å². The van der Waals surface area contributed by atoms with Crippen LogP contribution in [0.2, 0.25) is 5.02 Å². The SMILES string of the molecule is O=C(NC1CCOc2ccc(Cl)cc21)c1ccc(=O)[nH]n1. The van der Waals surface area contributed by atoms with Crippen LogP contribution >= 0.6 is 11.6 Å². The zero-order chi connectivity index (χ0) is 14.8. The van der Waals surface area contributed by atoms with Crippen LogP contribution in [0.3, 0.4) is 0 Å². The molecule has 0 radical (unpaired) electrons. The highest BCUT2D eigenvalue weighted by Gasteiger charge is 2.24. The molecule has 2 aromatic rings. The van der Waals surface area contributed by atoms with Crippen molar-refractivity contribution in [3.05, 3.63) is 57.0 Å². The van der Waals surface area contributed by atoms with Gasteiger partial charge in [0.15, 0.2) is 0 Å². The van der Waals surface area contributed by atoms with E-state index in [1.54, 1.807) is 18.2 Å². The lowest BCUT2D eigenvalue weighted by atomic mass is 10.0. The first kappa shape index (κ1) is 13.6. The number of ether oxygens (including phenoxy) is 1. The van der Waals surface area contributed by atoms with Gasteiger partial charge in [-0.3, -0.25) is 9.59 Å². The lowest BCUT2D eigenvalue weighted by Crippen LogP contribution is -2.33. The molecule has 7 heteroatoms. The van der Waals surface area contributed by atoms with Crippen LogP contribution in [0.15, 0.2) is 35.1 Å². The molecule has 2 heterocycles. The van der Waals surface area contributed by atoms with E-state index in [2.05, 4.69) is 15.5 Å². The van der Waals surface area contributed by atoms with Crippen molar-refractivity contribution in [2.75, 3.05) is 6.61 Å². The van der Waals surface area contributed by atoms with Gasteiger partial charge < -0.3 is 10.1 Å². The van der Waals surface area contributed by atoms with Gasteiger partial charge in [-0.25, -0.2) is 5.10 Å². The molecule has 21 heavy (non-hydrogen) atoms. The van der Waals surface area contributed by atoms with E-state index in [9.17, 15) is 9.59 Å². The number of carbonyl (C=O) groups excluding carboxylic acids is 1. The minimum Gasteiger partial charge on any atom is -0.493 e. The number of rotatable bonds is 2. The number of aromatic nitrogens is 2. The number of hydrogen-bond donors (Lipinski definition) is 2. The molecule has 0 aliphatic carbocycles. The average Bonchev–Trinajstić information content (AvgIpc) is 2.48. The van der Waals surface area contributed by atoms with Crippen molar-refractivity contribution in [3.8, 4) is 5.75 Å². The van der Waals surface area contributed by atoms with E-state index < -0.39 is 0 Å². The third-order valence-electron chi connectivity index (χ3n) is 3.23. The maximum Gasteiger partial charge on any atom is 0.272 e. The summed E-state index contributed by atoms with van der Waals surface area (Å²) in [7, 11) is 0. The smallest absolute Gasteiger partial charge is 0.272 e. The molecule has 0 fully saturated rings. The summed E-state index contributed by atoms with van der Waals surface area (Å²) in [6, 6.07) is 7.75. The van der Waals surface area contributed by atoms with Crippen molar-refractivity contribution in [1.82, 2.24) is 15.5 Å². The number of hydrogen-bond acceptors (Lipinski definition) is 4. The second kappa shape index (κ2) is 5.57. The number of nitrogens with one attached hydrogen (secondary N) is 2. The highest BCUT2D eigenvalue weighted by Crippen LogP contribution is 2.34. The Labute approximate surface area is 125 Å². The minimum absolute atomic E-state index is 0.157. The number of benzene rings is 1. The van der Waals surface area contributed by atoms with Crippen LogP contribution in [0.5, 0.6) is 5.75 Å². The van der Waals surface area contributed by atoms with Gasteiger partial charge in [-0.2, -0.15) is 5.10 Å². The van der Waals surface area contributed by atoms with E-state index in [1.165, 1.54) is 12.1 Å². The fourth-order valence-corrected chi connectivity index (χ4v) is 2.40. The van der Waals surface area contributed by atoms with Crippen LogP contribution in [0.25, 0.3) is 0 Å². The molecule has 1 aliphatic heterocycles. The summed E-state index contributed by atoms with van der Waals surface area (Å²) in [6.45, 7) is 0.513. The standard InChI is InChI=1S/C14H12ClN3O3/c15-8-1-3-12-9(7-8)10(5-6-21-12)16-14(20)11-2-4-13(19)18-17-11/h1-4,7,10H,5-6H2,(H,16,20)(H,18,19). The molecule has 3 rings (SSSR count). The van der Waals surface area contributed by atoms with Gasteiger partial charge in [0, 0.05) is 23.1 Å². The number of aromatic amines is 1. The lowest BCUT2D eigenvalue weighted by molar-refractivity contribution is 0.0918. The third-order valence-corrected chi connectivity index (χ3v) is 3.46. The van der Waals surface area contributed by atoms with Gasteiger partial charge in [-0.1, -0.05) is 11.6 Å². The van der Waals surface area contributed by atoms with Gasteiger partial charge >= 0.3 is 0 Å². The van der Waals surface area contributed by atoms with Crippen molar-refractivity contribution in [2.45, 2.75) is 12.5 Å². The molecular weight excluding hydrogens is 294 g/mol. The number of carbonyl (C=O) groups is 1. The van der Waals surface area contributed by atoms with E-state index in [1.807, 2.05) is 0 Å². The summed E-state index contributed by atoms with van der Waals surface area (Å²) >= 11 is 5.99. The summed E-state index contributed by atoms with van der Waals surface area (Å²) < 4.78 is 5.54. The summed E-state index contributed by atoms with van der Waals surface area (Å²) in [5, 5.41) is 9.40. The molecule has 0 saturated heterocycles. The fraction of sp³-hybridized carbons (Fsp3) is 0.214. The maximum atomic E-state index is 12.1. The molecule has 108 valence electrons. The number of nitrogens with zero attached hydrogens (tertiary/aromatic N) is 1. The first-order valence-electron chi connectivity index (χ1n) is 6.42. The molecule has 1 atom stereocenters. The molecule has 1 aromatic carbocycles. The van der Waals surface area contributed by atoms with Crippen LogP contribution in [-0.4, -0.2) is 22.7 Å². The minimum atomic E-state index is -0.357. The predicted octanol–water partition coefficient (Wildman–Crippen LogP) is 1.68. The third kappa shape index (κ3) is 2.90. The first-order valence-corrected chi connectivity index (χ1v) is 6.80. The van der Waals surface area contributed by atoms with Crippen molar-refractivity contribution < 1.29 is 9.53 Å². The number of fused-ring (bicyclic) bond motifs is 1. The average molecular weight is 306 g/mol. The molecule has 1 aliphatic rings. The van der Waals surface area contributed by atoms with Gasteiger partial charge in [0.05, 0.1) is 12.6 Å². The zero-order valence-corrected chi connectivity index (χ0v) is 11.7. The molecule has 6 nitrogen and oxygen atoms in total. The Morgan fingerprint density at radius 3 is 3.00 bits per heavy atom. The monoisotopic (exact) mass is 305 g/mol. The lowest BCUT2D eigenvalue weighted by Gasteiger charge is -2.26. The van der Waals surface area contributed by atoms with Crippen molar-refractivity contribution >= 4 is 17.5 Å². The number of H-pyrrole nitrogens is 1. The summed E-state index contributed by atoms with van der Waals surface area (Å²) in [4.78, 5) is 23.1. The molecule has 1 aromatic heterocycles. The Morgan fingerprint density at radius 1 is 1.38 bits per heavy atom. The van der Waals surface area contributed by atoms with Crippen molar-refractivity contribution in [2.24, 2.45) is 0 Å². The van der Waals surface area contributed by atoms with Crippen LogP contribution in [0.4, 0.5) is 0 Å². The topological polar surface area (TPSA) is 84.1 Å². The molecule has 1 unspecified atom stereocenters. The van der Waals surface area contributed by atoms with Crippen molar-refractivity contribution in [1.29, 1.82) is 0 Å². The summed E-state index contributed by atoms with van der Waals surface area (Å²) in [6.07, 6.45) is 0.641. The Balaban J connectivity index is 1.83. The van der Waals surface area contributed by atoms with Crippen LogP contribution in [0.1, 0.15) is 28.5 Å². The Morgan fingerprint density at radius 2 is 2.24 bits per heavy atom. The second-order valence-electron chi connectivity index (χ2n) is 4.65. The van der Waals surface area contributed by atoms with Crippen LogP contribution in [0, 0.1) is 0 Å². The van der Waals surface area contributed by atoms with Crippen LogP contribution < -0.4 is 15.6 Å².